The molecule has 2 unspecified atom stereocenters. The summed E-state index contributed by atoms with van der Waals surface area (Å²) in [5, 5.41) is 0. The van der Waals surface area contributed by atoms with Gasteiger partial charge in [0.15, 0.2) is 0 Å². The fraction of sp³-hybridized carbons (Fsp3) is 0.579. The molecule has 3 heterocycles. The zero-order valence-corrected chi connectivity index (χ0v) is 15.6. The summed E-state index contributed by atoms with van der Waals surface area (Å²) in [7, 11) is 0. The zero-order valence-electron chi connectivity index (χ0n) is 14.8. The number of ether oxygens (including phenoxy) is 2. The molecule has 26 heavy (non-hydrogen) atoms. The SMILES string of the molecule is O=C1OCCN1c1ccc(C(=O)N(CC2CCCO2)C2CCSC2)cc1. The lowest BCUT2D eigenvalue weighted by Crippen LogP contribution is -2.44. The summed E-state index contributed by atoms with van der Waals surface area (Å²) >= 11 is 1.91. The highest BCUT2D eigenvalue weighted by Gasteiger charge is 2.31. The fourth-order valence-electron chi connectivity index (χ4n) is 3.75. The van der Waals surface area contributed by atoms with Crippen molar-refractivity contribution in [3.63, 3.8) is 0 Å². The highest BCUT2D eigenvalue weighted by molar-refractivity contribution is 7.99. The molecule has 0 radical (unpaired) electrons. The molecule has 6 nitrogen and oxygen atoms in total. The van der Waals surface area contributed by atoms with Crippen LogP contribution in [0.25, 0.3) is 0 Å². The first-order chi connectivity index (χ1) is 12.7. The summed E-state index contributed by atoms with van der Waals surface area (Å²) in [4.78, 5) is 28.5. The molecule has 2 amide bonds. The Labute approximate surface area is 157 Å². The van der Waals surface area contributed by atoms with Crippen molar-refractivity contribution < 1.29 is 19.1 Å². The summed E-state index contributed by atoms with van der Waals surface area (Å²) in [6.07, 6.45) is 2.98. The molecule has 140 valence electrons. The molecule has 0 N–H and O–H groups in total. The van der Waals surface area contributed by atoms with Crippen molar-refractivity contribution in [3.05, 3.63) is 29.8 Å². The first-order valence-corrected chi connectivity index (χ1v) is 10.4. The number of rotatable bonds is 5. The van der Waals surface area contributed by atoms with Gasteiger partial charge in [-0.3, -0.25) is 9.69 Å². The van der Waals surface area contributed by atoms with Gasteiger partial charge in [0, 0.05) is 36.2 Å². The number of benzene rings is 1. The molecule has 3 aliphatic heterocycles. The predicted octanol–water partition coefficient (Wildman–Crippen LogP) is 2.77. The molecule has 1 aromatic rings. The highest BCUT2D eigenvalue weighted by Crippen LogP contribution is 2.27. The third-order valence-corrected chi connectivity index (χ3v) is 6.36. The zero-order chi connectivity index (χ0) is 17.9. The Morgan fingerprint density at radius 1 is 1.23 bits per heavy atom. The molecule has 0 bridgehead atoms. The van der Waals surface area contributed by atoms with Gasteiger partial charge in [0.1, 0.15) is 6.61 Å². The number of nitrogens with zero attached hydrogens (tertiary/aromatic N) is 2. The Bertz CT molecular complexity index is 654. The van der Waals surface area contributed by atoms with Crippen molar-refractivity contribution in [3.8, 4) is 0 Å². The molecule has 0 saturated carbocycles. The quantitative estimate of drug-likeness (QED) is 0.791. The summed E-state index contributed by atoms with van der Waals surface area (Å²) in [5.74, 6) is 2.16. The van der Waals surface area contributed by atoms with Crippen molar-refractivity contribution in [2.45, 2.75) is 31.4 Å². The van der Waals surface area contributed by atoms with E-state index < -0.39 is 0 Å². The average Bonchev–Trinajstić information content (AvgIpc) is 3.42. The van der Waals surface area contributed by atoms with E-state index in [4.69, 9.17) is 9.47 Å². The van der Waals surface area contributed by atoms with E-state index in [9.17, 15) is 9.59 Å². The topological polar surface area (TPSA) is 59.1 Å². The van der Waals surface area contributed by atoms with Gasteiger partial charge in [0.05, 0.1) is 12.6 Å². The van der Waals surface area contributed by atoms with Gasteiger partial charge in [0.25, 0.3) is 5.91 Å². The number of hydrogen-bond donors (Lipinski definition) is 0. The smallest absolute Gasteiger partial charge is 0.414 e. The Hall–Kier alpha value is -1.73. The van der Waals surface area contributed by atoms with Crippen LogP contribution in [0, 0.1) is 0 Å². The summed E-state index contributed by atoms with van der Waals surface area (Å²) in [5.41, 5.74) is 1.43. The molecular weight excluding hydrogens is 352 g/mol. The molecule has 0 aromatic heterocycles. The Morgan fingerprint density at radius 3 is 2.69 bits per heavy atom. The van der Waals surface area contributed by atoms with Gasteiger partial charge >= 0.3 is 6.09 Å². The predicted molar refractivity (Wildman–Crippen MR) is 101 cm³/mol. The van der Waals surface area contributed by atoms with E-state index in [0.717, 1.165) is 43.1 Å². The van der Waals surface area contributed by atoms with Crippen LogP contribution >= 0.6 is 11.8 Å². The maximum absolute atomic E-state index is 13.2. The fourth-order valence-corrected chi connectivity index (χ4v) is 4.98. The van der Waals surface area contributed by atoms with Gasteiger partial charge in [-0.25, -0.2) is 4.79 Å². The standard InChI is InChI=1S/C19H24N2O4S/c22-18(14-3-5-15(6-4-14)20-8-10-25-19(20)23)21(16-7-11-26-13-16)12-17-2-1-9-24-17/h3-6,16-17H,1-2,7-13H2. The maximum Gasteiger partial charge on any atom is 0.414 e. The molecule has 3 fully saturated rings. The minimum atomic E-state index is -0.327. The lowest BCUT2D eigenvalue weighted by molar-refractivity contribution is 0.0442. The molecule has 3 aliphatic rings. The third kappa shape index (κ3) is 3.69. The van der Waals surface area contributed by atoms with Crippen LogP contribution in [-0.2, 0) is 9.47 Å². The highest BCUT2D eigenvalue weighted by atomic mass is 32.2. The number of thioether (sulfide) groups is 1. The monoisotopic (exact) mass is 376 g/mol. The number of carbonyl (C=O) groups is 2. The van der Waals surface area contributed by atoms with Crippen molar-refractivity contribution >= 4 is 29.4 Å². The molecule has 0 aliphatic carbocycles. The number of carbonyl (C=O) groups excluding carboxylic acids is 2. The van der Waals surface area contributed by atoms with Crippen LogP contribution in [-0.4, -0.2) is 66.9 Å². The van der Waals surface area contributed by atoms with E-state index in [2.05, 4.69) is 0 Å². The summed E-state index contributed by atoms with van der Waals surface area (Å²) in [6.45, 7) is 2.43. The Kier molecular flexibility index (Phi) is 5.36. The molecule has 7 heteroatoms. The van der Waals surface area contributed by atoms with Crippen LogP contribution in [0.1, 0.15) is 29.6 Å². The van der Waals surface area contributed by atoms with Crippen LogP contribution in [0.4, 0.5) is 10.5 Å². The van der Waals surface area contributed by atoms with Gasteiger partial charge in [-0.2, -0.15) is 11.8 Å². The van der Waals surface area contributed by atoms with Crippen LogP contribution in [0.3, 0.4) is 0 Å². The lowest BCUT2D eigenvalue weighted by Gasteiger charge is -2.31. The first-order valence-electron chi connectivity index (χ1n) is 9.27. The molecule has 3 saturated heterocycles. The Balaban J connectivity index is 1.49. The van der Waals surface area contributed by atoms with E-state index in [0.29, 0.717) is 25.3 Å². The van der Waals surface area contributed by atoms with Crippen LogP contribution < -0.4 is 4.90 Å². The number of hydrogen-bond acceptors (Lipinski definition) is 5. The van der Waals surface area contributed by atoms with Crippen LogP contribution in [0.15, 0.2) is 24.3 Å². The van der Waals surface area contributed by atoms with Crippen molar-refractivity contribution in [2.24, 2.45) is 0 Å². The summed E-state index contributed by atoms with van der Waals surface area (Å²) in [6, 6.07) is 7.56. The van der Waals surface area contributed by atoms with E-state index in [1.165, 1.54) is 0 Å². The van der Waals surface area contributed by atoms with E-state index in [-0.39, 0.29) is 24.1 Å². The molecule has 4 rings (SSSR count). The molecule has 0 spiro atoms. The Morgan fingerprint density at radius 2 is 2.08 bits per heavy atom. The third-order valence-electron chi connectivity index (χ3n) is 5.22. The second kappa shape index (κ2) is 7.88. The largest absolute Gasteiger partial charge is 0.447 e. The van der Waals surface area contributed by atoms with Gasteiger partial charge in [-0.1, -0.05) is 0 Å². The minimum Gasteiger partial charge on any atom is -0.447 e. The maximum atomic E-state index is 13.2. The second-order valence-corrected chi connectivity index (χ2v) is 8.07. The normalized spacial score (nSPS) is 25.5. The van der Waals surface area contributed by atoms with Crippen molar-refractivity contribution in [1.82, 2.24) is 4.90 Å². The van der Waals surface area contributed by atoms with Gasteiger partial charge < -0.3 is 14.4 Å². The number of amides is 2. The molecule has 1 aromatic carbocycles. The molecule has 2 atom stereocenters. The van der Waals surface area contributed by atoms with E-state index in [1.807, 2.05) is 40.9 Å². The summed E-state index contributed by atoms with van der Waals surface area (Å²) < 4.78 is 10.7. The van der Waals surface area contributed by atoms with E-state index >= 15 is 0 Å². The number of cyclic esters (lactones) is 1. The van der Waals surface area contributed by atoms with Crippen molar-refractivity contribution in [2.75, 3.05) is 42.7 Å². The van der Waals surface area contributed by atoms with Crippen LogP contribution in [0.5, 0.6) is 0 Å². The second-order valence-electron chi connectivity index (χ2n) is 6.92. The minimum absolute atomic E-state index is 0.0588. The average molecular weight is 376 g/mol. The van der Waals surface area contributed by atoms with Gasteiger partial charge in [-0.15, -0.1) is 0 Å². The van der Waals surface area contributed by atoms with Crippen LogP contribution in [0.2, 0.25) is 0 Å². The van der Waals surface area contributed by atoms with Crippen molar-refractivity contribution in [1.29, 1.82) is 0 Å². The molecular formula is C19H24N2O4S. The lowest BCUT2D eigenvalue weighted by atomic mass is 10.1. The first kappa shape index (κ1) is 17.7. The van der Waals surface area contributed by atoms with Gasteiger partial charge in [-0.05, 0) is 49.3 Å². The van der Waals surface area contributed by atoms with Gasteiger partial charge in [0.2, 0.25) is 0 Å². The van der Waals surface area contributed by atoms with E-state index in [1.54, 1.807) is 4.90 Å². The number of anilines is 1.